The molecule has 54 heavy (non-hydrogen) atoms. The van der Waals surface area contributed by atoms with Crippen molar-refractivity contribution in [3.05, 3.63) is 53.2 Å². The van der Waals surface area contributed by atoms with Gasteiger partial charge in [-0.3, -0.25) is 4.55 Å². The van der Waals surface area contributed by atoms with E-state index >= 15 is 0 Å². The first-order valence-corrected chi connectivity index (χ1v) is 21.1. The number of thiazole rings is 2. The third-order valence-electron chi connectivity index (χ3n) is 7.72. The van der Waals surface area contributed by atoms with Crippen LogP contribution < -0.4 is 20.4 Å². The highest BCUT2D eigenvalue weighted by Gasteiger charge is 2.20. The third-order valence-corrected chi connectivity index (χ3v) is 11.9. The molecule has 0 radical (unpaired) electrons. The van der Waals surface area contributed by atoms with Crippen LogP contribution in [0.3, 0.4) is 0 Å². The summed E-state index contributed by atoms with van der Waals surface area (Å²) in [5.74, 6) is 0.745. The molecule has 17 nitrogen and oxygen atoms in total. The van der Waals surface area contributed by atoms with Gasteiger partial charge in [0.2, 0.25) is 22.2 Å². The molecule has 0 spiro atoms. The second kappa shape index (κ2) is 18.6. The highest BCUT2D eigenvalue weighted by Crippen LogP contribution is 2.37. The fraction of sp³-hybridized carbons (Fsp3) is 0.364. The van der Waals surface area contributed by atoms with E-state index in [0.717, 1.165) is 43.2 Å². The molecule has 0 amide bonds. The van der Waals surface area contributed by atoms with E-state index in [1.165, 1.54) is 30.0 Å². The van der Waals surface area contributed by atoms with Gasteiger partial charge in [-0.05, 0) is 77.9 Å². The van der Waals surface area contributed by atoms with Crippen molar-refractivity contribution in [3.63, 3.8) is 0 Å². The van der Waals surface area contributed by atoms with Crippen molar-refractivity contribution >= 4 is 101 Å². The lowest BCUT2D eigenvalue weighted by Gasteiger charge is -2.22. The third kappa shape index (κ3) is 10.5. The van der Waals surface area contributed by atoms with Gasteiger partial charge < -0.3 is 25.5 Å². The van der Waals surface area contributed by atoms with Crippen molar-refractivity contribution in [2.24, 2.45) is 20.5 Å². The maximum absolute atomic E-state index is 11.8. The molecule has 3 heterocycles. The van der Waals surface area contributed by atoms with Gasteiger partial charge in [-0.1, -0.05) is 23.1 Å². The van der Waals surface area contributed by atoms with E-state index in [0.29, 0.717) is 50.1 Å². The number of nitrogens with zero attached hydrogens (tertiary/aromatic N) is 11. The van der Waals surface area contributed by atoms with Crippen LogP contribution in [0.2, 0.25) is 0 Å². The van der Waals surface area contributed by atoms with Crippen LogP contribution in [0.15, 0.2) is 71.6 Å². The summed E-state index contributed by atoms with van der Waals surface area (Å²) in [7, 11) is -4.46. The topological polar surface area (TPSA) is 219 Å². The van der Waals surface area contributed by atoms with Gasteiger partial charge in [0.1, 0.15) is 11.4 Å². The first kappa shape index (κ1) is 40.5. The van der Waals surface area contributed by atoms with Gasteiger partial charge in [0.05, 0.1) is 29.4 Å². The van der Waals surface area contributed by atoms with Gasteiger partial charge in [-0.15, -0.1) is 31.8 Å². The van der Waals surface area contributed by atoms with Crippen molar-refractivity contribution in [2.75, 3.05) is 59.0 Å². The molecule has 3 aromatic heterocycles. The number of benzene rings is 2. The molecule has 4 N–H and O–H groups in total. The summed E-state index contributed by atoms with van der Waals surface area (Å²) in [6.07, 6.45) is 0. The second-order valence-electron chi connectivity index (χ2n) is 11.4. The Kier molecular flexibility index (Phi) is 13.9. The van der Waals surface area contributed by atoms with E-state index in [-0.39, 0.29) is 33.5 Å². The van der Waals surface area contributed by atoms with Crippen LogP contribution in [0.4, 0.5) is 56.3 Å². The molecule has 5 aromatic rings. The lowest BCUT2D eigenvalue weighted by Crippen LogP contribution is -2.21. The van der Waals surface area contributed by atoms with Crippen molar-refractivity contribution in [1.82, 2.24) is 24.9 Å². The Morgan fingerprint density at radius 1 is 0.759 bits per heavy atom. The minimum Gasteiger partial charge on any atom is -0.396 e. The number of hydrogen-bond donors (Lipinski definition) is 4. The molecule has 0 saturated heterocycles. The number of hydrogen-bond acceptors (Lipinski definition) is 19. The zero-order chi connectivity index (χ0) is 38.8. The summed E-state index contributed by atoms with van der Waals surface area (Å²) in [6.45, 7) is 14.7. The van der Waals surface area contributed by atoms with E-state index in [1.54, 1.807) is 6.07 Å². The highest BCUT2D eigenvalue weighted by atomic mass is 32.3. The minimum absolute atomic E-state index is 0.0538. The van der Waals surface area contributed by atoms with Gasteiger partial charge >= 0.3 is 10.1 Å². The molecule has 0 bridgehead atoms. The average molecular weight is 812 g/mol. The number of aryl methyl sites for hydroxylation is 2. The average Bonchev–Trinajstić information content (AvgIpc) is 3.75. The molecule has 286 valence electrons. The van der Waals surface area contributed by atoms with Crippen molar-refractivity contribution in [2.45, 2.75) is 50.9 Å². The first-order valence-electron chi connectivity index (χ1n) is 17.0. The quantitative estimate of drug-likeness (QED) is 0.0369. The zero-order valence-corrected chi connectivity index (χ0v) is 33.8. The Morgan fingerprint density at radius 2 is 1.30 bits per heavy atom. The molecule has 0 atom stereocenters. The lowest BCUT2D eigenvalue weighted by atomic mass is 10.2. The molecule has 0 unspecified atom stereocenters. The standard InChI is InChI=1S/C33H41N13O4S4/c1-7-45(8-2)22-11-13-24(41-43-32-34-20(5)19-52-32)26(17-22)36-29-38-30(40-31(39-29)51-16-15-47)37-27-18-23(46(9-3)10-4)12-14-25(27)42-44-33-35-21(6)28(53-33)54(48,49)50/h11-14,17-19,47H,7-10,15-16H2,1-6H3,(H,48,49,50)(H2,36,37,38,39,40). The number of rotatable bonds is 18. The van der Waals surface area contributed by atoms with E-state index < -0.39 is 10.1 Å². The van der Waals surface area contributed by atoms with E-state index in [4.69, 9.17) is 4.98 Å². The van der Waals surface area contributed by atoms with Gasteiger partial charge in [-0.25, -0.2) is 9.97 Å². The molecule has 0 fully saturated rings. The summed E-state index contributed by atoms with van der Waals surface area (Å²) in [5, 5.41) is 36.5. The van der Waals surface area contributed by atoms with Gasteiger partial charge in [-0.2, -0.15) is 23.4 Å². The van der Waals surface area contributed by atoms with Crippen LogP contribution in [-0.4, -0.2) is 81.5 Å². The fourth-order valence-corrected chi connectivity index (χ4v) is 8.01. The molecule has 0 aliphatic heterocycles. The Balaban J connectivity index is 1.56. The number of aliphatic hydroxyl groups is 1. The number of aromatic nitrogens is 5. The molecule has 2 aromatic carbocycles. The number of anilines is 6. The van der Waals surface area contributed by atoms with E-state index in [9.17, 15) is 18.1 Å². The molecule has 0 aliphatic carbocycles. The largest absolute Gasteiger partial charge is 0.396 e. The van der Waals surface area contributed by atoms with Crippen LogP contribution in [0, 0.1) is 13.8 Å². The second-order valence-corrected chi connectivity index (χ2v) is 15.8. The number of azo groups is 2. The van der Waals surface area contributed by atoms with Crippen molar-refractivity contribution in [3.8, 4) is 0 Å². The van der Waals surface area contributed by atoms with Crippen molar-refractivity contribution < 1.29 is 18.1 Å². The van der Waals surface area contributed by atoms with Gasteiger partial charge in [0.25, 0.3) is 0 Å². The monoisotopic (exact) mass is 811 g/mol. The van der Waals surface area contributed by atoms with Crippen LogP contribution >= 0.6 is 34.4 Å². The highest BCUT2D eigenvalue weighted by molar-refractivity contribution is 7.99. The predicted octanol–water partition coefficient (Wildman–Crippen LogP) is 8.74. The summed E-state index contributed by atoms with van der Waals surface area (Å²) in [4.78, 5) is 26.9. The van der Waals surface area contributed by atoms with Crippen LogP contribution in [0.25, 0.3) is 0 Å². The Labute approximate surface area is 325 Å². The maximum atomic E-state index is 11.8. The van der Waals surface area contributed by atoms with Crippen LogP contribution in [0.1, 0.15) is 39.1 Å². The molecule has 5 rings (SSSR count). The molecule has 0 saturated carbocycles. The Hall–Kier alpha value is -4.67. The van der Waals surface area contributed by atoms with Gasteiger partial charge in [0.15, 0.2) is 9.37 Å². The summed E-state index contributed by atoms with van der Waals surface area (Å²) < 4.78 is 32.8. The molecular formula is C33H41N13O4S4. The smallest absolute Gasteiger partial charge is 0.306 e. The summed E-state index contributed by atoms with van der Waals surface area (Å²) in [5.41, 5.74) is 4.89. The van der Waals surface area contributed by atoms with E-state index in [2.05, 4.69) is 88.5 Å². The maximum Gasteiger partial charge on any atom is 0.306 e. The fourth-order valence-electron chi connectivity index (χ4n) is 5.14. The lowest BCUT2D eigenvalue weighted by molar-refractivity contribution is 0.322. The molecule has 0 aliphatic rings. The zero-order valence-electron chi connectivity index (χ0n) is 30.5. The van der Waals surface area contributed by atoms with Gasteiger partial charge in [0, 0.05) is 48.7 Å². The SMILES string of the molecule is CCN(CC)c1ccc(N=Nc2nc(C)cs2)c(Nc2nc(Nc3cc(N(CC)CC)ccc3N=Nc3nc(C)c(S(=O)(=O)O)s3)nc(SCCO)n2)c1. The number of aliphatic hydroxyl groups excluding tert-OH is 1. The summed E-state index contributed by atoms with van der Waals surface area (Å²) >= 11 is 3.36. The van der Waals surface area contributed by atoms with Crippen LogP contribution in [-0.2, 0) is 10.1 Å². The normalized spacial score (nSPS) is 11.9. The van der Waals surface area contributed by atoms with Crippen LogP contribution in [0.5, 0.6) is 0 Å². The molecule has 21 heteroatoms. The number of nitrogens with one attached hydrogen (secondary N) is 2. The predicted molar refractivity (Wildman–Crippen MR) is 216 cm³/mol. The number of thioether (sulfide) groups is 1. The van der Waals surface area contributed by atoms with Crippen molar-refractivity contribution in [1.29, 1.82) is 0 Å². The minimum atomic E-state index is -4.46. The molecular weight excluding hydrogens is 771 g/mol. The van der Waals surface area contributed by atoms with E-state index in [1.807, 2.05) is 42.6 Å². The summed E-state index contributed by atoms with van der Waals surface area (Å²) in [6, 6.07) is 11.4. The Bertz CT molecular complexity index is 2220. The first-order chi connectivity index (χ1) is 25.9. The Morgan fingerprint density at radius 3 is 1.74 bits per heavy atom.